The van der Waals surface area contributed by atoms with Gasteiger partial charge < -0.3 is 0 Å². The van der Waals surface area contributed by atoms with Crippen LogP contribution in [-0.4, -0.2) is 11.3 Å². The lowest BCUT2D eigenvalue weighted by Crippen LogP contribution is -2.14. The van der Waals surface area contributed by atoms with Gasteiger partial charge in [-0.15, -0.1) is 0 Å². The molecule has 0 unspecified atom stereocenters. The molecule has 0 radical (unpaired) electrons. The van der Waals surface area contributed by atoms with E-state index in [1.54, 1.807) is 18.2 Å². The molecule has 0 amide bonds. The van der Waals surface area contributed by atoms with Crippen LogP contribution in [0.3, 0.4) is 0 Å². The normalized spacial score (nSPS) is 11.8. The minimum atomic E-state index is -0.392. The predicted octanol–water partition coefficient (Wildman–Crippen LogP) is 3.48. The number of pyridine rings is 1. The van der Waals surface area contributed by atoms with Crippen molar-refractivity contribution < 1.29 is 9.18 Å². The summed E-state index contributed by atoms with van der Waals surface area (Å²) < 4.78 is 13.7. The fourth-order valence-electron chi connectivity index (χ4n) is 1.72. The molecule has 0 N–H and O–H groups in total. The number of fused-ring (bicyclic) bond motifs is 1. The van der Waals surface area contributed by atoms with Gasteiger partial charge in [-0.25, -0.2) is 9.37 Å². The van der Waals surface area contributed by atoms with Gasteiger partial charge in [0.2, 0.25) is 0 Å². The number of hydrogen-bond donors (Lipinski definition) is 0. The number of hydrogen-bond acceptors (Lipinski definition) is 2. The lowest BCUT2D eigenvalue weighted by molar-refractivity contribution is 0.112. The fourth-order valence-corrected chi connectivity index (χ4v) is 1.72. The quantitative estimate of drug-likeness (QED) is 0.703. The average Bonchev–Trinajstić information content (AvgIpc) is 2.27. The van der Waals surface area contributed by atoms with Crippen molar-refractivity contribution in [3.05, 3.63) is 41.3 Å². The summed E-state index contributed by atoms with van der Waals surface area (Å²) >= 11 is 0. The first-order valence-electron chi connectivity index (χ1n) is 5.48. The summed E-state index contributed by atoms with van der Waals surface area (Å²) in [5.74, 6) is -0.392. The van der Waals surface area contributed by atoms with Gasteiger partial charge in [-0.2, -0.15) is 0 Å². The van der Waals surface area contributed by atoms with Crippen molar-refractivity contribution in [2.24, 2.45) is 0 Å². The number of carbonyl (C=O) groups is 1. The van der Waals surface area contributed by atoms with Crippen molar-refractivity contribution in [2.45, 2.75) is 26.2 Å². The zero-order valence-corrected chi connectivity index (χ0v) is 10.1. The Morgan fingerprint density at radius 1 is 1.29 bits per heavy atom. The van der Waals surface area contributed by atoms with E-state index in [-0.39, 0.29) is 10.9 Å². The Kier molecular flexibility index (Phi) is 2.69. The minimum Gasteiger partial charge on any atom is -0.298 e. The van der Waals surface area contributed by atoms with Gasteiger partial charge >= 0.3 is 0 Å². The summed E-state index contributed by atoms with van der Waals surface area (Å²) in [6.07, 6.45) is 0.749. The summed E-state index contributed by atoms with van der Waals surface area (Å²) in [7, 11) is 0. The van der Waals surface area contributed by atoms with E-state index in [1.165, 1.54) is 6.07 Å². The lowest BCUT2D eigenvalue weighted by Gasteiger charge is -2.19. The fraction of sp³-hybridized carbons (Fsp3) is 0.286. The van der Waals surface area contributed by atoms with Crippen molar-refractivity contribution in [1.82, 2.24) is 4.98 Å². The monoisotopic (exact) mass is 231 g/mol. The summed E-state index contributed by atoms with van der Waals surface area (Å²) in [6.45, 7) is 5.95. The van der Waals surface area contributed by atoms with E-state index in [1.807, 2.05) is 20.8 Å². The Morgan fingerprint density at radius 2 is 2.00 bits per heavy atom. The molecule has 0 aliphatic carbocycles. The second-order valence-electron chi connectivity index (χ2n) is 5.10. The standard InChI is InChI=1S/C14H14FNO/c1-14(2,3)12-7-9(8-17)10-5-4-6-11(15)13(10)16-12/h4-8H,1-3H3. The van der Waals surface area contributed by atoms with E-state index in [0.717, 1.165) is 12.0 Å². The highest BCUT2D eigenvalue weighted by atomic mass is 19.1. The van der Waals surface area contributed by atoms with Crippen molar-refractivity contribution >= 4 is 17.2 Å². The van der Waals surface area contributed by atoms with E-state index >= 15 is 0 Å². The molecule has 0 bridgehead atoms. The van der Waals surface area contributed by atoms with Crippen LogP contribution in [0.25, 0.3) is 10.9 Å². The smallest absolute Gasteiger partial charge is 0.150 e. The Bertz CT molecular complexity index is 585. The second-order valence-corrected chi connectivity index (χ2v) is 5.10. The molecule has 3 heteroatoms. The number of rotatable bonds is 1. The van der Waals surface area contributed by atoms with Gasteiger partial charge in [-0.1, -0.05) is 32.9 Å². The molecule has 0 spiro atoms. The first kappa shape index (κ1) is 11.7. The molecule has 0 aliphatic rings. The highest BCUT2D eigenvalue weighted by molar-refractivity contribution is 5.96. The number of aldehydes is 1. The maximum Gasteiger partial charge on any atom is 0.150 e. The minimum absolute atomic E-state index is 0.214. The van der Waals surface area contributed by atoms with Crippen LogP contribution in [0.4, 0.5) is 4.39 Å². The van der Waals surface area contributed by atoms with Crippen LogP contribution in [-0.2, 0) is 5.41 Å². The third-order valence-corrected chi connectivity index (χ3v) is 2.72. The molecule has 0 fully saturated rings. The third-order valence-electron chi connectivity index (χ3n) is 2.72. The molecule has 1 heterocycles. The van der Waals surface area contributed by atoms with Gasteiger partial charge in [0.05, 0.1) is 0 Å². The number of nitrogens with zero attached hydrogens (tertiary/aromatic N) is 1. The first-order valence-corrected chi connectivity index (χ1v) is 5.48. The molecule has 2 nitrogen and oxygen atoms in total. The molecule has 88 valence electrons. The first-order chi connectivity index (χ1) is 7.93. The molecule has 1 aromatic carbocycles. The van der Waals surface area contributed by atoms with E-state index in [0.29, 0.717) is 10.9 Å². The highest BCUT2D eigenvalue weighted by Gasteiger charge is 2.18. The molecular formula is C14H14FNO. The molecule has 0 saturated carbocycles. The SMILES string of the molecule is CC(C)(C)c1cc(C=O)c2cccc(F)c2n1. The van der Waals surface area contributed by atoms with Crippen molar-refractivity contribution in [2.75, 3.05) is 0 Å². The van der Waals surface area contributed by atoms with Crippen LogP contribution in [0.5, 0.6) is 0 Å². The van der Waals surface area contributed by atoms with Gasteiger partial charge in [0.15, 0.2) is 6.29 Å². The molecule has 2 rings (SSSR count). The van der Waals surface area contributed by atoms with Crippen molar-refractivity contribution in [1.29, 1.82) is 0 Å². The molecular weight excluding hydrogens is 217 g/mol. The van der Waals surface area contributed by atoms with Crippen LogP contribution in [0.15, 0.2) is 24.3 Å². The maximum atomic E-state index is 13.7. The van der Waals surface area contributed by atoms with Gasteiger partial charge in [0, 0.05) is 22.1 Å². The summed E-state index contributed by atoms with van der Waals surface area (Å²) in [5.41, 5.74) is 1.26. The Hall–Kier alpha value is -1.77. The Balaban J connectivity index is 2.86. The van der Waals surface area contributed by atoms with Crippen LogP contribution < -0.4 is 0 Å². The van der Waals surface area contributed by atoms with E-state index in [9.17, 15) is 9.18 Å². The Labute approximate surface area is 99.5 Å². The average molecular weight is 231 g/mol. The number of aromatic nitrogens is 1. The summed E-state index contributed by atoms with van der Waals surface area (Å²) in [5, 5.41) is 0.563. The second kappa shape index (κ2) is 3.91. The molecule has 17 heavy (non-hydrogen) atoms. The molecule has 0 saturated heterocycles. The molecule has 0 atom stereocenters. The molecule has 1 aromatic heterocycles. The Morgan fingerprint density at radius 3 is 2.59 bits per heavy atom. The van der Waals surface area contributed by atoms with Crippen molar-refractivity contribution in [3.8, 4) is 0 Å². The topological polar surface area (TPSA) is 30.0 Å². The van der Waals surface area contributed by atoms with Gasteiger partial charge in [0.1, 0.15) is 11.3 Å². The summed E-state index contributed by atoms with van der Waals surface area (Å²) in [4.78, 5) is 15.4. The van der Waals surface area contributed by atoms with E-state index < -0.39 is 5.82 Å². The number of benzene rings is 1. The van der Waals surface area contributed by atoms with Crippen LogP contribution in [0, 0.1) is 5.82 Å². The number of para-hydroxylation sites is 1. The van der Waals surface area contributed by atoms with Crippen LogP contribution >= 0.6 is 0 Å². The highest BCUT2D eigenvalue weighted by Crippen LogP contribution is 2.26. The van der Waals surface area contributed by atoms with Crippen LogP contribution in [0.2, 0.25) is 0 Å². The van der Waals surface area contributed by atoms with E-state index in [4.69, 9.17) is 0 Å². The largest absolute Gasteiger partial charge is 0.298 e. The van der Waals surface area contributed by atoms with Gasteiger partial charge in [-0.3, -0.25) is 4.79 Å². The maximum absolute atomic E-state index is 13.7. The third kappa shape index (κ3) is 2.05. The van der Waals surface area contributed by atoms with Crippen LogP contribution in [0.1, 0.15) is 36.8 Å². The summed E-state index contributed by atoms with van der Waals surface area (Å²) in [6, 6.07) is 6.38. The van der Waals surface area contributed by atoms with Gasteiger partial charge in [0.25, 0.3) is 0 Å². The van der Waals surface area contributed by atoms with Gasteiger partial charge in [-0.05, 0) is 12.1 Å². The lowest BCUT2D eigenvalue weighted by atomic mass is 9.90. The molecule has 2 aromatic rings. The zero-order valence-electron chi connectivity index (χ0n) is 10.1. The van der Waals surface area contributed by atoms with E-state index in [2.05, 4.69) is 4.98 Å². The predicted molar refractivity (Wildman–Crippen MR) is 65.8 cm³/mol. The molecule has 0 aliphatic heterocycles. The van der Waals surface area contributed by atoms with Crippen molar-refractivity contribution in [3.63, 3.8) is 0 Å². The number of carbonyl (C=O) groups excluding carboxylic acids is 1. The zero-order chi connectivity index (χ0) is 12.6. The number of halogens is 1.